The van der Waals surface area contributed by atoms with Gasteiger partial charge < -0.3 is 15.5 Å². The topological polar surface area (TPSA) is 69.6 Å². The van der Waals surface area contributed by atoms with Crippen LogP contribution in [0, 0.1) is 0 Å². The second-order valence-electron chi connectivity index (χ2n) is 7.88. The second-order valence-corrected chi connectivity index (χ2v) is 7.88. The quantitative estimate of drug-likeness (QED) is 0.504. The van der Waals surface area contributed by atoms with E-state index in [4.69, 9.17) is 0 Å². The highest BCUT2D eigenvalue weighted by Crippen LogP contribution is 2.08. The number of aliphatic hydroxyl groups is 2. The molecule has 0 fully saturated rings. The molecule has 0 aliphatic carbocycles. The summed E-state index contributed by atoms with van der Waals surface area (Å²) in [6, 6.07) is 0.00300. The molecule has 0 spiro atoms. The molecule has 3 unspecified atom stereocenters. The van der Waals surface area contributed by atoms with Gasteiger partial charge in [0.25, 0.3) is 0 Å². The van der Waals surface area contributed by atoms with Crippen LogP contribution in [0.1, 0.15) is 52.4 Å². The number of amides is 1. The highest BCUT2D eigenvalue weighted by molar-refractivity contribution is 5.88. The summed E-state index contributed by atoms with van der Waals surface area (Å²) < 4.78 is 0. The fourth-order valence-corrected chi connectivity index (χ4v) is 2.97. The Morgan fingerprint density at radius 2 is 1.78 bits per heavy atom. The van der Waals surface area contributed by atoms with Crippen molar-refractivity contribution in [2.75, 3.05) is 0 Å². The second kappa shape index (κ2) is 17.9. The van der Waals surface area contributed by atoms with Gasteiger partial charge in [-0.15, -0.1) is 0 Å². The number of hydrogen-bond donors (Lipinski definition) is 3. The highest BCUT2D eigenvalue weighted by Gasteiger charge is 2.08. The van der Waals surface area contributed by atoms with Gasteiger partial charge in [0.05, 0.1) is 12.2 Å². The molecule has 1 aliphatic rings. The first-order chi connectivity index (χ1) is 15.5. The molecule has 0 aromatic heterocycles. The van der Waals surface area contributed by atoms with Crippen molar-refractivity contribution in [3.05, 3.63) is 96.7 Å². The molecular formula is C28H39NO3. The van der Waals surface area contributed by atoms with Gasteiger partial charge in [-0.3, -0.25) is 4.79 Å². The number of allylic oxidation sites excluding steroid dienone is 11. The molecule has 1 rings (SSSR count). The summed E-state index contributed by atoms with van der Waals surface area (Å²) in [4.78, 5) is 12.3. The smallest absolute Gasteiger partial charge is 0.244 e. The fraction of sp³-hybridized carbons (Fsp3) is 0.393. The molecule has 32 heavy (non-hydrogen) atoms. The van der Waals surface area contributed by atoms with Gasteiger partial charge in [0, 0.05) is 18.5 Å². The Morgan fingerprint density at radius 1 is 1.00 bits per heavy atom. The standard InChI is InChI=1S/C28H39NO3/c1-3-4-5-6-7-10-18-25-19-14-13-16-24(2)17-15-21-27(31)23-26(30)20-11-8-9-12-22-28(32)29-25/h5-17,20,22,25-27,30-31H,3-4,18-19,21,23H2,1-2H3,(H,29,32)/b6-5+,9-8?,10-7+,14-13?,17-15?,20-11?,22-12?,24-16?. The highest BCUT2D eigenvalue weighted by atomic mass is 16.3. The molecule has 1 amide bonds. The molecule has 1 heterocycles. The third-order valence-corrected chi connectivity index (χ3v) is 4.74. The van der Waals surface area contributed by atoms with E-state index in [-0.39, 0.29) is 18.4 Å². The van der Waals surface area contributed by atoms with Crippen LogP contribution in [0.2, 0.25) is 0 Å². The summed E-state index contributed by atoms with van der Waals surface area (Å²) >= 11 is 0. The molecule has 4 heteroatoms. The first-order valence-electron chi connectivity index (χ1n) is 11.5. The van der Waals surface area contributed by atoms with Crippen LogP contribution in [0.4, 0.5) is 0 Å². The van der Waals surface area contributed by atoms with E-state index in [1.54, 1.807) is 30.4 Å². The zero-order valence-electron chi connectivity index (χ0n) is 19.4. The van der Waals surface area contributed by atoms with E-state index in [2.05, 4.69) is 36.5 Å². The maximum atomic E-state index is 12.3. The van der Waals surface area contributed by atoms with E-state index in [9.17, 15) is 15.0 Å². The molecular weight excluding hydrogens is 398 g/mol. The molecule has 0 aromatic rings. The molecule has 0 saturated heterocycles. The summed E-state index contributed by atoms with van der Waals surface area (Å²) in [7, 11) is 0. The zero-order valence-corrected chi connectivity index (χ0v) is 19.4. The Morgan fingerprint density at radius 3 is 2.59 bits per heavy atom. The lowest BCUT2D eigenvalue weighted by molar-refractivity contribution is -0.117. The molecule has 1 aliphatic heterocycles. The van der Waals surface area contributed by atoms with Crippen LogP contribution in [-0.2, 0) is 4.79 Å². The summed E-state index contributed by atoms with van der Waals surface area (Å²) in [5.41, 5.74) is 1.07. The van der Waals surface area contributed by atoms with Gasteiger partial charge in [-0.1, -0.05) is 104 Å². The lowest BCUT2D eigenvalue weighted by atomic mass is 10.1. The Labute approximate surface area is 193 Å². The minimum Gasteiger partial charge on any atom is -0.393 e. The molecule has 3 atom stereocenters. The Kier molecular flexibility index (Phi) is 15.3. The largest absolute Gasteiger partial charge is 0.393 e. The van der Waals surface area contributed by atoms with E-state index in [0.717, 1.165) is 31.3 Å². The van der Waals surface area contributed by atoms with Crippen molar-refractivity contribution in [1.29, 1.82) is 0 Å². The summed E-state index contributed by atoms with van der Waals surface area (Å²) in [6.45, 7) is 4.15. The molecule has 0 radical (unpaired) electrons. The molecule has 0 saturated carbocycles. The molecule has 4 nitrogen and oxygen atoms in total. The van der Waals surface area contributed by atoms with Crippen LogP contribution in [0.3, 0.4) is 0 Å². The van der Waals surface area contributed by atoms with Crippen molar-refractivity contribution in [3.8, 4) is 0 Å². The zero-order chi connectivity index (χ0) is 23.4. The third kappa shape index (κ3) is 15.2. The Hall–Kier alpha value is -2.69. The minimum absolute atomic E-state index is 0.00300. The average Bonchev–Trinajstić information content (AvgIpc) is 2.75. The monoisotopic (exact) mass is 437 g/mol. The molecule has 174 valence electrons. The van der Waals surface area contributed by atoms with Crippen molar-refractivity contribution in [1.82, 2.24) is 5.32 Å². The number of nitrogens with one attached hydrogen (secondary N) is 1. The van der Waals surface area contributed by atoms with Crippen LogP contribution in [0.25, 0.3) is 0 Å². The number of carbonyl (C=O) groups is 1. The van der Waals surface area contributed by atoms with Crippen molar-refractivity contribution in [3.63, 3.8) is 0 Å². The number of unbranched alkanes of at least 4 members (excludes halogenated alkanes) is 1. The molecule has 0 bridgehead atoms. The van der Waals surface area contributed by atoms with Gasteiger partial charge in [-0.2, -0.15) is 0 Å². The number of rotatable bonds is 5. The maximum Gasteiger partial charge on any atom is 0.244 e. The van der Waals surface area contributed by atoms with E-state index in [0.29, 0.717) is 6.42 Å². The van der Waals surface area contributed by atoms with E-state index in [1.807, 2.05) is 37.3 Å². The number of hydrogen-bond acceptors (Lipinski definition) is 3. The Balaban J connectivity index is 2.87. The first-order valence-corrected chi connectivity index (χ1v) is 11.5. The number of aliphatic hydroxyl groups excluding tert-OH is 2. The maximum absolute atomic E-state index is 12.3. The Bertz CT molecular complexity index is 766. The summed E-state index contributed by atoms with van der Waals surface area (Å²) in [6.07, 6.45) is 31.4. The van der Waals surface area contributed by atoms with Crippen LogP contribution in [0.5, 0.6) is 0 Å². The third-order valence-electron chi connectivity index (χ3n) is 4.74. The fourth-order valence-electron chi connectivity index (χ4n) is 2.97. The van der Waals surface area contributed by atoms with Gasteiger partial charge in [-0.25, -0.2) is 0 Å². The number of carbonyl (C=O) groups excluding carboxylic acids is 1. The van der Waals surface area contributed by atoms with Crippen molar-refractivity contribution in [2.24, 2.45) is 0 Å². The van der Waals surface area contributed by atoms with Gasteiger partial charge in [0.2, 0.25) is 5.91 Å². The van der Waals surface area contributed by atoms with Crippen LogP contribution in [-0.4, -0.2) is 34.4 Å². The van der Waals surface area contributed by atoms with Crippen LogP contribution in [0.15, 0.2) is 96.7 Å². The van der Waals surface area contributed by atoms with Gasteiger partial charge >= 0.3 is 0 Å². The van der Waals surface area contributed by atoms with Gasteiger partial charge in [0.15, 0.2) is 0 Å². The SMILES string of the molecule is CCC/C=C/C=C/CC1CC=CC=C(C)C=CCC(O)CC(O)C=CC=CC=CC(=O)N1. The van der Waals surface area contributed by atoms with Crippen molar-refractivity contribution in [2.45, 2.75) is 70.6 Å². The van der Waals surface area contributed by atoms with E-state index in [1.165, 1.54) is 6.08 Å². The molecule has 3 N–H and O–H groups in total. The van der Waals surface area contributed by atoms with E-state index >= 15 is 0 Å². The lowest BCUT2D eigenvalue weighted by Gasteiger charge is -2.14. The minimum atomic E-state index is -0.717. The predicted molar refractivity (Wildman–Crippen MR) is 135 cm³/mol. The van der Waals surface area contributed by atoms with Crippen molar-refractivity contribution < 1.29 is 15.0 Å². The first kappa shape index (κ1) is 27.3. The van der Waals surface area contributed by atoms with Crippen LogP contribution < -0.4 is 5.32 Å². The van der Waals surface area contributed by atoms with Crippen LogP contribution >= 0.6 is 0 Å². The summed E-state index contributed by atoms with van der Waals surface area (Å²) in [5.74, 6) is -0.140. The lowest BCUT2D eigenvalue weighted by Crippen LogP contribution is -2.32. The van der Waals surface area contributed by atoms with Gasteiger partial charge in [-0.05, 0) is 32.6 Å². The summed E-state index contributed by atoms with van der Waals surface area (Å²) in [5, 5.41) is 23.1. The normalized spacial score (nSPS) is 24.2. The van der Waals surface area contributed by atoms with E-state index < -0.39 is 12.2 Å². The molecule has 0 aromatic carbocycles. The average molecular weight is 438 g/mol. The predicted octanol–water partition coefficient (Wildman–Crippen LogP) is 5.41. The van der Waals surface area contributed by atoms with Gasteiger partial charge in [0.1, 0.15) is 0 Å². The van der Waals surface area contributed by atoms with Crippen molar-refractivity contribution >= 4 is 5.91 Å².